The van der Waals surface area contributed by atoms with Crippen molar-refractivity contribution in [3.63, 3.8) is 0 Å². The normalized spacial score (nSPS) is 15.6. The summed E-state index contributed by atoms with van der Waals surface area (Å²) >= 11 is 5.60. The first-order valence-electron chi connectivity index (χ1n) is 9.52. The van der Waals surface area contributed by atoms with Crippen molar-refractivity contribution in [2.45, 2.75) is 12.6 Å². The predicted octanol–water partition coefficient (Wildman–Crippen LogP) is 2.67. The molecule has 2 amide bonds. The van der Waals surface area contributed by atoms with Crippen LogP contribution < -0.4 is 5.32 Å². The maximum absolute atomic E-state index is 12.9. The van der Waals surface area contributed by atoms with Gasteiger partial charge in [0.25, 0.3) is 0 Å². The Morgan fingerprint density at radius 1 is 1.23 bits per heavy atom. The van der Waals surface area contributed by atoms with Gasteiger partial charge >= 0.3 is 6.18 Å². The molecular formula is C20H25ClF3N3O3. The number of hydrogen-bond acceptors (Lipinski definition) is 4. The van der Waals surface area contributed by atoms with Gasteiger partial charge in [-0.2, -0.15) is 13.2 Å². The average Bonchev–Trinajstić information content (AvgIpc) is 2.70. The third-order valence-electron chi connectivity index (χ3n) is 4.61. The van der Waals surface area contributed by atoms with Crippen molar-refractivity contribution in [2.75, 3.05) is 53.0 Å². The topological polar surface area (TPSA) is 61.9 Å². The Balaban J connectivity index is 1.81. The summed E-state index contributed by atoms with van der Waals surface area (Å²) in [5.74, 6) is -0.365. The maximum atomic E-state index is 12.9. The molecule has 1 aliphatic heterocycles. The van der Waals surface area contributed by atoms with Crippen LogP contribution in [0.25, 0.3) is 6.08 Å². The molecule has 0 spiro atoms. The van der Waals surface area contributed by atoms with E-state index in [0.29, 0.717) is 39.3 Å². The zero-order valence-corrected chi connectivity index (χ0v) is 17.4. The standard InChI is InChI=1S/C20H25ClF3N3O3/c1-30-12-2-7-25-18(28)14-26-8-10-27(11-9-26)19(29)6-4-15-3-5-17(21)16(13-15)20(22,23)24/h3-6,13H,2,7-12,14H2,1H3,(H,25,28). The Morgan fingerprint density at radius 2 is 1.93 bits per heavy atom. The minimum Gasteiger partial charge on any atom is -0.385 e. The molecule has 6 nitrogen and oxygen atoms in total. The predicted molar refractivity (Wildman–Crippen MR) is 108 cm³/mol. The van der Waals surface area contributed by atoms with E-state index in [1.165, 1.54) is 18.2 Å². The number of hydrogen-bond donors (Lipinski definition) is 1. The van der Waals surface area contributed by atoms with Crippen LogP contribution in [0, 0.1) is 0 Å². The lowest BCUT2D eigenvalue weighted by molar-refractivity contribution is -0.137. The van der Waals surface area contributed by atoms with Gasteiger partial charge in [0, 0.05) is 52.5 Å². The second-order valence-corrected chi connectivity index (χ2v) is 7.28. The number of carbonyl (C=O) groups is 2. The summed E-state index contributed by atoms with van der Waals surface area (Å²) in [4.78, 5) is 27.8. The Hall–Kier alpha value is -2.10. The van der Waals surface area contributed by atoms with Crippen molar-refractivity contribution in [3.8, 4) is 0 Å². The van der Waals surface area contributed by atoms with E-state index in [9.17, 15) is 22.8 Å². The second kappa shape index (κ2) is 11.3. The third kappa shape index (κ3) is 7.62. The van der Waals surface area contributed by atoms with E-state index in [-0.39, 0.29) is 28.9 Å². The Morgan fingerprint density at radius 3 is 2.57 bits per heavy atom. The molecule has 0 unspecified atom stereocenters. The highest BCUT2D eigenvalue weighted by molar-refractivity contribution is 6.31. The fraction of sp³-hybridized carbons (Fsp3) is 0.500. The van der Waals surface area contributed by atoms with E-state index < -0.39 is 11.7 Å². The fourth-order valence-electron chi connectivity index (χ4n) is 2.97. The lowest BCUT2D eigenvalue weighted by atomic mass is 10.1. The molecule has 1 aliphatic rings. The average molecular weight is 448 g/mol. The van der Waals surface area contributed by atoms with Gasteiger partial charge in [-0.25, -0.2) is 0 Å². The molecule has 0 atom stereocenters. The fourth-order valence-corrected chi connectivity index (χ4v) is 3.19. The maximum Gasteiger partial charge on any atom is 0.417 e. The molecule has 1 aromatic carbocycles. The highest BCUT2D eigenvalue weighted by atomic mass is 35.5. The molecule has 1 heterocycles. The van der Waals surface area contributed by atoms with E-state index in [2.05, 4.69) is 5.32 Å². The molecule has 0 saturated carbocycles. The first-order chi connectivity index (χ1) is 14.2. The van der Waals surface area contributed by atoms with Crippen molar-refractivity contribution < 1.29 is 27.5 Å². The molecule has 0 bridgehead atoms. The first kappa shape index (κ1) is 24.2. The van der Waals surface area contributed by atoms with Crippen LogP contribution in [0.5, 0.6) is 0 Å². The van der Waals surface area contributed by atoms with Gasteiger partial charge in [0.1, 0.15) is 0 Å². The third-order valence-corrected chi connectivity index (χ3v) is 4.94. The summed E-state index contributed by atoms with van der Waals surface area (Å²) in [6.07, 6.45) is -1.22. The molecule has 0 radical (unpaired) electrons. The molecular weight excluding hydrogens is 423 g/mol. The summed E-state index contributed by atoms with van der Waals surface area (Å²) in [6.45, 7) is 3.37. The minimum atomic E-state index is -4.56. The number of rotatable bonds is 8. The summed E-state index contributed by atoms with van der Waals surface area (Å²) in [6, 6.07) is 3.49. The summed E-state index contributed by atoms with van der Waals surface area (Å²) in [5.41, 5.74) is -0.697. The van der Waals surface area contributed by atoms with E-state index in [4.69, 9.17) is 16.3 Å². The lowest BCUT2D eigenvalue weighted by Gasteiger charge is -2.33. The highest BCUT2D eigenvalue weighted by Crippen LogP contribution is 2.35. The minimum absolute atomic E-state index is 0.0750. The quantitative estimate of drug-likeness (QED) is 0.491. The first-order valence-corrected chi connectivity index (χ1v) is 9.90. The molecule has 1 saturated heterocycles. The second-order valence-electron chi connectivity index (χ2n) is 6.87. The Kier molecular flexibility index (Phi) is 9.13. The number of methoxy groups -OCH3 is 1. The van der Waals surface area contributed by atoms with E-state index in [1.807, 2.05) is 4.90 Å². The van der Waals surface area contributed by atoms with Gasteiger partial charge in [-0.1, -0.05) is 17.7 Å². The number of carbonyl (C=O) groups excluding carboxylic acids is 2. The zero-order valence-electron chi connectivity index (χ0n) is 16.7. The molecule has 2 rings (SSSR count). The van der Waals surface area contributed by atoms with Crippen molar-refractivity contribution in [2.24, 2.45) is 0 Å². The van der Waals surface area contributed by atoms with E-state index in [0.717, 1.165) is 18.6 Å². The van der Waals surface area contributed by atoms with E-state index in [1.54, 1.807) is 12.0 Å². The van der Waals surface area contributed by atoms with Gasteiger partial charge in [0.2, 0.25) is 11.8 Å². The molecule has 0 aliphatic carbocycles. The van der Waals surface area contributed by atoms with Crippen molar-refractivity contribution in [3.05, 3.63) is 40.4 Å². The van der Waals surface area contributed by atoms with Gasteiger partial charge < -0.3 is 15.0 Å². The van der Waals surface area contributed by atoms with Crippen LogP contribution in [0.1, 0.15) is 17.5 Å². The van der Waals surface area contributed by atoms with Crippen LogP contribution >= 0.6 is 11.6 Å². The highest BCUT2D eigenvalue weighted by Gasteiger charge is 2.33. The number of nitrogens with zero attached hydrogens (tertiary/aromatic N) is 2. The van der Waals surface area contributed by atoms with E-state index >= 15 is 0 Å². The van der Waals surface area contributed by atoms with Crippen LogP contribution in [0.2, 0.25) is 5.02 Å². The van der Waals surface area contributed by atoms with Crippen LogP contribution in [0.4, 0.5) is 13.2 Å². The number of piperazine rings is 1. The van der Waals surface area contributed by atoms with Gasteiger partial charge in [-0.05, 0) is 30.2 Å². The van der Waals surface area contributed by atoms with Crippen LogP contribution in [-0.2, 0) is 20.5 Å². The molecule has 1 aromatic rings. The lowest BCUT2D eigenvalue weighted by Crippen LogP contribution is -2.50. The zero-order chi connectivity index (χ0) is 22.1. The molecule has 1 fully saturated rings. The monoisotopic (exact) mass is 447 g/mol. The van der Waals surface area contributed by atoms with Crippen LogP contribution in [0.15, 0.2) is 24.3 Å². The molecule has 1 N–H and O–H groups in total. The number of ether oxygens (including phenoxy) is 1. The molecule has 30 heavy (non-hydrogen) atoms. The van der Waals surface area contributed by atoms with Gasteiger partial charge in [0.15, 0.2) is 0 Å². The Bertz CT molecular complexity index is 763. The number of amides is 2. The Labute approximate surface area is 178 Å². The molecule has 10 heteroatoms. The largest absolute Gasteiger partial charge is 0.417 e. The van der Waals surface area contributed by atoms with Crippen LogP contribution in [-0.4, -0.2) is 74.6 Å². The smallest absolute Gasteiger partial charge is 0.385 e. The van der Waals surface area contributed by atoms with Crippen molar-refractivity contribution >= 4 is 29.5 Å². The summed E-state index contributed by atoms with van der Waals surface area (Å²) in [5, 5.41) is 2.43. The number of benzene rings is 1. The van der Waals surface area contributed by atoms with Gasteiger partial charge in [0.05, 0.1) is 17.1 Å². The molecule has 0 aromatic heterocycles. The van der Waals surface area contributed by atoms with Crippen molar-refractivity contribution in [1.29, 1.82) is 0 Å². The number of halogens is 4. The van der Waals surface area contributed by atoms with Gasteiger partial charge in [-0.15, -0.1) is 0 Å². The molecule has 166 valence electrons. The number of alkyl halides is 3. The summed E-state index contributed by atoms with van der Waals surface area (Å²) in [7, 11) is 1.60. The van der Waals surface area contributed by atoms with Crippen LogP contribution in [0.3, 0.4) is 0 Å². The van der Waals surface area contributed by atoms with Gasteiger partial charge in [-0.3, -0.25) is 14.5 Å². The number of nitrogens with one attached hydrogen (secondary N) is 1. The summed E-state index contributed by atoms with van der Waals surface area (Å²) < 4.78 is 43.7. The SMILES string of the molecule is COCCCNC(=O)CN1CCN(C(=O)C=Cc2ccc(Cl)c(C(F)(F)F)c2)CC1. The van der Waals surface area contributed by atoms with Crippen molar-refractivity contribution in [1.82, 2.24) is 15.1 Å².